The number of nitrogen functional groups attached to an aromatic ring is 1. The molecule has 3 nitrogen and oxygen atoms in total. The second-order valence-electron chi connectivity index (χ2n) is 4.03. The van der Waals surface area contributed by atoms with E-state index in [2.05, 4.69) is 28.0 Å². The molecule has 1 heterocycles. The second kappa shape index (κ2) is 5.36. The summed E-state index contributed by atoms with van der Waals surface area (Å²) in [6, 6.07) is 8.00. The summed E-state index contributed by atoms with van der Waals surface area (Å²) >= 11 is 3.52. The Kier molecular flexibility index (Phi) is 3.84. The lowest BCUT2D eigenvalue weighted by Gasteiger charge is -2.01. The predicted octanol–water partition coefficient (Wildman–Crippen LogP) is 3.69. The maximum absolute atomic E-state index is 6.01. The SMILES string of the molecule is CCCCn1cc(N)c(-c2ccccc2Br)n1. The van der Waals surface area contributed by atoms with E-state index < -0.39 is 0 Å². The number of nitrogens with zero attached hydrogens (tertiary/aromatic N) is 2. The van der Waals surface area contributed by atoms with Gasteiger partial charge in [0.25, 0.3) is 0 Å². The molecule has 90 valence electrons. The molecule has 0 spiro atoms. The first-order chi connectivity index (χ1) is 8.22. The van der Waals surface area contributed by atoms with Crippen LogP contribution in [0.5, 0.6) is 0 Å². The zero-order valence-electron chi connectivity index (χ0n) is 9.86. The summed E-state index contributed by atoms with van der Waals surface area (Å²) in [6.07, 6.45) is 4.19. The lowest BCUT2D eigenvalue weighted by Crippen LogP contribution is -1.98. The van der Waals surface area contributed by atoms with Gasteiger partial charge in [0.05, 0.1) is 5.69 Å². The summed E-state index contributed by atoms with van der Waals surface area (Å²) in [7, 11) is 0. The van der Waals surface area contributed by atoms with Gasteiger partial charge in [-0.15, -0.1) is 0 Å². The first kappa shape index (κ1) is 12.2. The third-order valence-corrected chi connectivity index (χ3v) is 3.35. The Balaban J connectivity index is 2.33. The maximum Gasteiger partial charge on any atom is 0.116 e. The van der Waals surface area contributed by atoms with E-state index in [0.29, 0.717) is 0 Å². The minimum atomic E-state index is 0.730. The molecule has 2 aromatic rings. The lowest BCUT2D eigenvalue weighted by atomic mass is 10.1. The molecular formula is C13H16BrN3. The summed E-state index contributed by atoms with van der Waals surface area (Å²) in [5, 5.41) is 4.54. The standard InChI is InChI=1S/C13H16BrN3/c1-2-3-8-17-9-12(15)13(16-17)10-6-4-5-7-11(10)14/h4-7,9H,2-3,8,15H2,1H3. The summed E-state index contributed by atoms with van der Waals surface area (Å²) in [4.78, 5) is 0. The largest absolute Gasteiger partial charge is 0.396 e. The van der Waals surface area contributed by atoms with Crippen LogP contribution in [0.2, 0.25) is 0 Å². The maximum atomic E-state index is 6.01. The molecule has 0 bridgehead atoms. The van der Waals surface area contributed by atoms with Gasteiger partial charge in [-0.2, -0.15) is 5.10 Å². The van der Waals surface area contributed by atoms with Crippen molar-refractivity contribution in [3.8, 4) is 11.3 Å². The van der Waals surface area contributed by atoms with Crippen molar-refractivity contribution in [3.63, 3.8) is 0 Å². The number of nitrogens with two attached hydrogens (primary N) is 1. The van der Waals surface area contributed by atoms with Crippen LogP contribution in [0, 0.1) is 0 Å². The normalized spacial score (nSPS) is 10.7. The Morgan fingerprint density at radius 2 is 2.12 bits per heavy atom. The number of benzene rings is 1. The molecule has 1 aromatic carbocycles. The van der Waals surface area contributed by atoms with Crippen molar-refractivity contribution in [1.82, 2.24) is 9.78 Å². The van der Waals surface area contributed by atoms with Crippen molar-refractivity contribution in [1.29, 1.82) is 0 Å². The Morgan fingerprint density at radius 1 is 1.35 bits per heavy atom. The zero-order chi connectivity index (χ0) is 12.3. The van der Waals surface area contributed by atoms with Crippen LogP contribution in [0.4, 0.5) is 5.69 Å². The van der Waals surface area contributed by atoms with Crippen LogP contribution in [0.15, 0.2) is 34.9 Å². The van der Waals surface area contributed by atoms with Gasteiger partial charge in [-0.3, -0.25) is 4.68 Å². The summed E-state index contributed by atoms with van der Waals surface area (Å²) in [5.41, 5.74) is 8.64. The van der Waals surface area contributed by atoms with Crippen LogP contribution >= 0.6 is 15.9 Å². The number of anilines is 1. The van der Waals surface area contributed by atoms with Gasteiger partial charge in [0, 0.05) is 22.8 Å². The van der Waals surface area contributed by atoms with Crippen LogP contribution in [-0.2, 0) is 6.54 Å². The molecule has 0 amide bonds. The van der Waals surface area contributed by atoms with E-state index in [9.17, 15) is 0 Å². The molecule has 0 saturated heterocycles. The first-order valence-electron chi connectivity index (χ1n) is 5.80. The van der Waals surface area contributed by atoms with Crippen LogP contribution in [0.25, 0.3) is 11.3 Å². The highest BCUT2D eigenvalue weighted by molar-refractivity contribution is 9.10. The van der Waals surface area contributed by atoms with Gasteiger partial charge in [0.2, 0.25) is 0 Å². The molecular weight excluding hydrogens is 278 g/mol. The molecule has 0 aliphatic carbocycles. The van der Waals surface area contributed by atoms with Crippen LogP contribution in [0.3, 0.4) is 0 Å². The number of unbranched alkanes of at least 4 members (excludes halogenated alkanes) is 1. The van der Waals surface area contributed by atoms with Crippen molar-refractivity contribution < 1.29 is 0 Å². The van der Waals surface area contributed by atoms with Crippen LogP contribution in [-0.4, -0.2) is 9.78 Å². The fourth-order valence-electron chi connectivity index (χ4n) is 1.73. The van der Waals surface area contributed by atoms with Crippen molar-refractivity contribution in [2.75, 3.05) is 5.73 Å². The molecule has 0 fully saturated rings. The minimum absolute atomic E-state index is 0.730. The van der Waals surface area contributed by atoms with E-state index in [1.807, 2.05) is 35.1 Å². The fraction of sp³-hybridized carbons (Fsp3) is 0.308. The minimum Gasteiger partial charge on any atom is -0.396 e. The van der Waals surface area contributed by atoms with E-state index >= 15 is 0 Å². The molecule has 17 heavy (non-hydrogen) atoms. The Hall–Kier alpha value is -1.29. The lowest BCUT2D eigenvalue weighted by molar-refractivity contribution is 0.573. The monoisotopic (exact) mass is 293 g/mol. The average molecular weight is 294 g/mol. The molecule has 0 aliphatic heterocycles. The number of aryl methyl sites for hydroxylation is 1. The van der Waals surface area contributed by atoms with E-state index in [1.165, 1.54) is 0 Å². The molecule has 0 aliphatic rings. The van der Waals surface area contributed by atoms with Crippen molar-refractivity contribution in [3.05, 3.63) is 34.9 Å². The first-order valence-corrected chi connectivity index (χ1v) is 6.59. The van der Waals surface area contributed by atoms with Gasteiger partial charge in [0.15, 0.2) is 0 Å². The van der Waals surface area contributed by atoms with Crippen molar-refractivity contribution in [2.45, 2.75) is 26.3 Å². The highest BCUT2D eigenvalue weighted by atomic mass is 79.9. The number of aromatic nitrogens is 2. The predicted molar refractivity (Wildman–Crippen MR) is 74.7 cm³/mol. The molecule has 0 saturated carbocycles. The fourth-order valence-corrected chi connectivity index (χ4v) is 2.21. The highest BCUT2D eigenvalue weighted by Gasteiger charge is 2.10. The van der Waals surface area contributed by atoms with Gasteiger partial charge in [-0.05, 0) is 12.5 Å². The van der Waals surface area contributed by atoms with Crippen LogP contribution < -0.4 is 5.73 Å². The summed E-state index contributed by atoms with van der Waals surface area (Å²) in [6.45, 7) is 3.09. The van der Waals surface area contributed by atoms with Crippen LogP contribution in [0.1, 0.15) is 19.8 Å². The van der Waals surface area contributed by atoms with Crippen molar-refractivity contribution in [2.24, 2.45) is 0 Å². The Labute approximate surface area is 110 Å². The Bertz CT molecular complexity index is 505. The quantitative estimate of drug-likeness (QED) is 0.934. The van der Waals surface area contributed by atoms with Gasteiger partial charge < -0.3 is 5.73 Å². The number of hydrogen-bond acceptors (Lipinski definition) is 2. The van der Waals surface area contributed by atoms with E-state index in [0.717, 1.165) is 40.8 Å². The van der Waals surface area contributed by atoms with E-state index in [1.54, 1.807) is 0 Å². The molecule has 2 rings (SSSR count). The second-order valence-corrected chi connectivity index (χ2v) is 4.88. The zero-order valence-corrected chi connectivity index (χ0v) is 11.4. The van der Waals surface area contributed by atoms with E-state index in [4.69, 9.17) is 5.73 Å². The third-order valence-electron chi connectivity index (χ3n) is 2.66. The number of rotatable bonds is 4. The summed E-state index contributed by atoms with van der Waals surface area (Å²) < 4.78 is 2.94. The molecule has 0 unspecified atom stereocenters. The van der Waals surface area contributed by atoms with E-state index in [-0.39, 0.29) is 0 Å². The van der Waals surface area contributed by atoms with Gasteiger partial charge in [-0.1, -0.05) is 47.5 Å². The molecule has 0 atom stereocenters. The molecule has 2 N–H and O–H groups in total. The molecule has 4 heteroatoms. The Morgan fingerprint density at radius 3 is 2.82 bits per heavy atom. The molecule has 1 aromatic heterocycles. The molecule has 0 radical (unpaired) electrons. The number of halogens is 1. The highest BCUT2D eigenvalue weighted by Crippen LogP contribution is 2.30. The number of hydrogen-bond donors (Lipinski definition) is 1. The summed E-state index contributed by atoms with van der Waals surface area (Å²) in [5.74, 6) is 0. The van der Waals surface area contributed by atoms with Gasteiger partial charge >= 0.3 is 0 Å². The third kappa shape index (κ3) is 2.69. The average Bonchev–Trinajstić information content (AvgIpc) is 2.68. The van der Waals surface area contributed by atoms with Gasteiger partial charge in [0.1, 0.15) is 5.69 Å². The topological polar surface area (TPSA) is 43.8 Å². The van der Waals surface area contributed by atoms with Crippen molar-refractivity contribution >= 4 is 21.6 Å². The smallest absolute Gasteiger partial charge is 0.116 e. The van der Waals surface area contributed by atoms with Gasteiger partial charge in [-0.25, -0.2) is 0 Å².